The normalized spacial score (nSPS) is 10.1. The Labute approximate surface area is 115 Å². The van der Waals surface area contributed by atoms with Crippen LogP contribution in [-0.4, -0.2) is 13.4 Å². The van der Waals surface area contributed by atoms with E-state index in [0.29, 0.717) is 34.6 Å². The molecular weight excluding hydrogens is 261 g/mol. The minimum atomic E-state index is -0.331. The van der Waals surface area contributed by atoms with Gasteiger partial charge >= 0.3 is 0 Å². The summed E-state index contributed by atoms with van der Waals surface area (Å²) in [6, 6.07) is 9.11. The van der Waals surface area contributed by atoms with E-state index >= 15 is 0 Å². The second-order valence-electron chi connectivity index (χ2n) is 4.18. The molecule has 2 N–H and O–H groups in total. The highest BCUT2D eigenvalue weighted by Gasteiger charge is 2.11. The van der Waals surface area contributed by atoms with Gasteiger partial charge in [0, 0.05) is 5.56 Å². The standard InChI is InChI=1S/C15H14FNO3/c1-19-14-7-11(8-18)6-13(17)15(14)20-9-10-3-2-4-12(16)5-10/h2-8H,9,17H2,1H3. The SMILES string of the molecule is COc1cc(C=O)cc(N)c1OCc1cccc(F)c1. The monoisotopic (exact) mass is 275 g/mol. The first-order valence-electron chi connectivity index (χ1n) is 5.94. The van der Waals surface area contributed by atoms with E-state index in [1.165, 1.54) is 31.4 Å². The van der Waals surface area contributed by atoms with Gasteiger partial charge in [0.05, 0.1) is 12.8 Å². The second-order valence-corrected chi connectivity index (χ2v) is 4.18. The lowest BCUT2D eigenvalue weighted by Gasteiger charge is -2.13. The fraction of sp³-hybridized carbons (Fsp3) is 0.133. The van der Waals surface area contributed by atoms with E-state index in [-0.39, 0.29) is 12.4 Å². The molecule has 5 heteroatoms. The lowest BCUT2D eigenvalue weighted by atomic mass is 10.2. The molecule has 2 rings (SSSR count). The number of ether oxygens (including phenoxy) is 2. The maximum atomic E-state index is 13.1. The maximum Gasteiger partial charge on any atom is 0.184 e. The number of anilines is 1. The van der Waals surface area contributed by atoms with Gasteiger partial charge in [-0.25, -0.2) is 4.39 Å². The average Bonchev–Trinajstić information content (AvgIpc) is 2.45. The van der Waals surface area contributed by atoms with Crippen LogP contribution in [0.5, 0.6) is 11.5 Å². The number of rotatable bonds is 5. The smallest absolute Gasteiger partial charge is 0.184 e. The minimum absolute atomic E-state index is 0.152. The number of carbonyl (C=O) groups excluding carboxylic acids is 1. The lowest BCUT2D eigenvalue weighted by Crippen LogP contribution is -2.02. The fourth-order valence-electron chi connectivity index (χ4n) is 1.80. The molecule has 2 aromatic carbocycles. The molecule has 0 aromatic heterocycles. The predicted octanol–water partition coefficient (Wildman–Crippen LogP) is 2.81. The highest BCUT2D eigenvalue weighted by Crippen LogP contribution is 2.35. The van der Waals surface area contributed by atoms with Crippen LogP contribution in [0.3, 0.4) is 0 Å². The Balaban J connectivity index is 2.22. The van der Waals surface area contributed by atoms with Gasteiger partial charge in [0.25, 0.3) is 0 Å². The molecule has 0 aliphatic heterocycles. The molecule has 0 spiro atoms. The summed E-state index contributed by atoms with van der Waals surface area (Å²) in [7, 11) is 1.46. The maximum absolute atomic E-state index is 13.1. The van der Waals surface area contributed by atoms with Crippen LogP contribution in [0, 0.1) is 5.82 Å². The van der Waals surface area contributed by atoms with Crippen molar-refractivity contribution in [1.29, 1.82) is 0 Å². The van der Waals surface area contributed by atoms with Crippen molar-refractivity contribution in [3.8, 4) is 11.5 Å². The molecule has 0 bridgehead atoms. The van der Waals surface area contributed by atoms with E-state index < -0.39 is 0 Å². The van der Waals surface area contributed by atoms with Gasteiger partial charge in [-0.05, 0) is 29.8 Å². The second kappa shape index (κ2) is 6.06. The van der Waals surface area contributed by atoms with E-state index in [9.17, 15) is 9.18 Å². The van der Waals surface area contributed by atoms with Crippen LogP contribution >= 0.6 is 0 Å². The molecule has 4 nitrogen and oxygen atoms in total. The molecule has 0 fully saturated rings. The summed E-state index contributed by atoms with van der Waals surface area (Å²) in [5, 5.41) is 0. The number of aldehydes is 1. The summed E-state index contributed by atoms with van der Waals surface area (Å²) in [5.41, 5.74) is 7.20. The van der Waals surface area contributed by atoms with Crippen molar-refractivity contribution in [3.63, 3.8) is 0 Å². The van der Waals surface area contributed by atoms with E-state index in [4.69, 9.17) is 15.2 Å². The Morgan fingerprint density at radius 1 is 1.30 bits per heavy atom. The molecule has 0 unspecified atom stereocenters. The lowest BCUT2D eigenvalue weighted by molar-refractivity contribution is 0.112. The van der Waals surface area contributed by atoms with Crippen molar-refractivity contribution < 1.29 is 18.7 Å². The first-order valence-corrected chi connectivity index (χ1v) is 5.94. The van der Waals surface area contributed by atoms with Crippen molar-refractivity contribution in [3.05, 3.63) is 53.3 Å². The Kier molecular flexibility index (Phi) is 4.20. The molecule has 104 valence electrons. The summed E-state index contributed by atoms with van der Waals surface area (Å²) >= 11 is 0. The van der Waals surface area contributed by atoms with Crippen molar-refractivity contribution in [2.45, 2.75) is 6.61 Å². The molecule has 20 heavy (non-hydrogen) atoms. The zero-order chi connectivity index (χ0) is 14.5. The number of hydrogen-bond acceptors (Lipinski definition) is 4. The highest BCUT2D eigenvalue weighted by molar-refractivity contribution is 5.80. The van der Waals surface area contributed by atoms with Gasteiger partial charge in [-0.15, -0.1) is 0 Å². The first kappa shape index (κ1) is 13.9. The predicted molar refractivity (Wildman–Crippen MR) is 73.5 cm³/mol. The van der Waals surface area contributed by atoms with Crippen molar-refractivity contribution in [2.75, 3.05) is 12.8 Å². The minimum Gasteiger partial charge on any atom is -0.493 e. The summed E-state index contributed by atoms with van der Waals surface area (Å²) in [5.74, 6) is 0.369. The largest absolute Gasteiger partial charge is 0.493 e. The van der Waals surface area contributed by atoms with Gasteiger partial charge in [0.2, 0.25) is 0 Å². The summed E-state index contributed by atoms with van der Waals surface area (Å²) in [6.45, 7) is 0.152. The number of nitrogen functional groups attached to an aromatic ring is 1. The van der Waals surface area contributed by atoms with Gasteiger partial charge in [0.15, 0.2) is 11.5 Å². The third kappa shape index (κ3) is 3.06. The number of halogens is 1. The summed E-state index contributed by atoms with van der Waals surface area (Å²) in [6.07, 6.45) is 0.676. The van der Waals surface area contributed by atoms with E-state index in [0.717, 1.165) is 0 Å². The van der Waals surface area contributed by atoms with Crippen LogP contribution in [0.4, 0.5) is 10.1 Å². The molecule has 0 saturated heterocycles. The summed E-state index contributed by atoms with van der Waals surface area (Å²) < 4.78 is 23.8. The Morgan fingerprint density at radius 2 is 2.10 bits per heavy atom. The van der Waals surface area contributed by atoms with Crippen LogP contribution in [0.2, 0.25) is 0 Å². The van der Waals surface area contributed by atoms with Crippen LogP contribution in [0.15, 0.2) is 36.4 Å². The third-order valence-corrected chi connectivity index (χ3v) is 2.73. The Morgan fingerprint density at radius 3 is 2.75 bits per heavy atom. The summed E-state index contributed by atoms with van der Waals surface area (Å²) in [4.78, 5) is 10.8. The fourth-order valence-corrected chi connectivity index (χ4v) is 1.80. The van der Waals surface area contributed by atoms with Crippen molar-refractivity contribution in [1.82, 2.24) is 0 Å². The third-order valence-electron chi connectivity index (χ3n) is 2.73. The van der Waals surface area contributed by atoms with Gasteiger partial charge < -0.3 is 15.2 Å². The van der Waals surface area contributed by atoms with E-state index in [2.05, 4.69) is 0 Å². The van der Waals surface area contributed by atoms with Crippen molar-refractivity contribution in [2.24, 2.45) is 0 Å². The first-order chi connectivity index (χ1) is 9.63. The molecular formula is C15H14FNO3. The number of methoxy groups -OCH3 is 1. The van der Waals surface area contributed by atoms with Crippen LogP contribution in [-0.2, 0) is 6.61 Å². The molecule has 0 atom stereocenters. The van der Waals surface area contributed by atoms with Crippen molar-refractivity contribution >= 4 is 12.0 Å². The number of carbonyl (C=O) groups is 1. The molecule has 0 aliphatic carbocycles. The molecule has 2 aromatic rings. The van der Waals surface area contributed by atoms with E-state index in [1.54, 1.807) is 12.1 Å². The quantitative estimate of drug-likeness (QED) is 0.673. The highest BCUT2D eigenvalue weighted by atomic mass is 19.1. The Hall–Kier alpha value is -2.56. The van der Waals surface area contributed by atoms with Crippen LogP contribution in [0.1, 0.15) is 15.9 Å². The molecule has 0 saturated carbocycles. The van der Waals surface area contributed by atoms with Gasteiger partial charge in [-0.3, -0.25) is 4.79 Å². The van der Waals surface area contributed by atoms with Gasteiger partial charge in [0.1, 0.15) is 18.7 Å². The number of nitrogens with two attached hydrogens (primary N) is 1. The topological polar surface area (TPSA) is 61.5 Å². The zero-order valence-corrected chi connectivity index (χ0v) is 10.9. The zero-order valence-electron chi connectivity index (χ0n) is 10.9. The van der Waals surface area contributed by atoms with Crippen LogP contribution in [0.25, 0.3) is 0 Å². The molecule has 0 radical (unpaired) electrons. The number of benzene rings is 2. The van der Waals surface area contributed by atoms with Gasteiger partial charge in [-0.1, -0.05) is 12.1 Å². The Bertz CT molecular complexity index is 629. The average molecular weight is 275 g/mol. The van der Waals surface area contributed by atoms with Gasteiger partial charge in [-0.2, -0.15) is 0 Å². The molecule has 0 aliphatic rings. The van der Waals surface area contributed by atoms with E-state index in [1.807, 2.05) is 0 Å². The number of hydrogen-bond donors (Lipinski definition) is 1. The molecule has 0 amide bonds. The van der Waals surface area contributed by atoms with Crippen LogP contribution < -0.4 is 15.2 Å². The molecule has 0 heterocycles.